The Kier molecular flexibility index (Phi) is 7.01. The highest BCUT2D eigenvalue weighted by Gasteiger charge is 2.26. The molecular weight excluding hydrogens is 476 g/mol. The van der Waals surface area contributed by atoms with Gasteiger partial charge in [0, 0.05) is 31.9 Å². The number of anilines is 1. The van der Waals surface area contributed by atoms with Crippen molar-refractivity contribution in [2.45, 2.75) is 17.6 Å². The smallest absolute Gasteiger partial charge is 0.287 e. The first kappa shape index (κ1) is 23.4. The van der Waals surface area contributed by atoms with E-state index in [1.54, 1.807) is 18.0 Å². The minimum Gasteiger partial charge on any atom is -0.366 e. The number of carbonyl (C=O) groups is 1. The number of nitrogens with zero attached hydrogens (tertiary/aromatic N) is 4. The molecule has 2 aromatic carbocycles. The molecule has 8 heteroatoms. The van der Waals surface area contributed by atoms with Gasteiger partial charge >= 0.3 is 0 Å². The molecular formula is C27H26N4O2S2. The van der Waals surface area contributed by atoms with Gasteiger partial charge in [-0.2, -0.15) is 9.78 Å². The van der Waals surface area contributed by atoms with Crippen molar-refractivity contribution in [3.8, 4) is 5.69 Å². The molecule has 0 bridgehead atoms. The zero-order chi connectivity index (χ0) is 24.2. The molecule has 5 rings (SSSR count). The van der Waals surface area contributed by atoms with E-state index in [1.807, 2.05) is 71.8 Å². The molecule has 1 fully saturated rings. The summed E-state index contributed by atoms with van der Waals surface area (Å²) in [5, 5.41) is 6.48. The van der Waals surface area contributed by atoms with E-state index in [4.69, 9.17) is 0 Å². The standard InChI is InChI=1S/C27H26N4O2S2/c1-20-12-17-34-24(20)26(32)30-15-13-29(14-16-30)23-18-28-31(22-10-6-3-7-11-22)27(33)25(23)35-19-21-8-4-2-5-9-21/h2-12,17-18H,13-16,19H2,1H3. The maximum absolute atomic E-state index is 13.6. The van der Waals surface area contributed by atoms with Crippen molar-refractivity contribution in [2.24, 2.45) is 0 Å². The van der Waals surface area contributed by atoms with E-state index < -0.39 is 0 Å². The van der Waals surface area contributed by atoms with Crippen molar-refractivity contribution in [1.29, 1.82) is 0 Å². The lowest BCUT2D eigenvalue weighted by molar-refractivity contribution is 0.0751. The number of aryl methyl sites for hydroxylation is 1. The van der Waals surface area contributed by atoms with Gasteiger partial charge in [-0.3, -0.25) is 9.59 Å². The monoisotopic (exact) mass is 502 g/mol. The van der Waals surface area contributed by atoms with E-state index in [9.17, 15) is 9.59 Å². The normalized spacial score (nSPS) is 13.7. The van der Waals surface area contributed by atoms with E-state index in [1.165, 1.54) is 16.0 Å². The molecule has 0 aliphatic carbocycles. The molecule has 1 saturated heterocycles. The third-order valence-corrected chi connectivity index (χ3v) is 8.26. The Labute approximate surface area is 212 Å². The van der Waals surface area contributed by atoms with Crippen molar-refractivity contribution < 1.29 is 4.79 Å². The number of rotatable bonds is 6. The average Bonchev–Trinajstić information content (AvgIpc) is 3.34. The molecule has 2 aromatic heterocycles. The lowest BCUT2D eigenvalue weighted by atomic mass is 10.2. The van der Waals surface area contributed by atoms with Crippen LogP contribution in [0.2, 0.25) is 0 Å². The number of carbonyl (C=O) groups excluding carboxylic acids is 1. The topological polar surface area (TPSA) is 58.4 Å². The maximum atomic E-state index is 13.6. The molecule has 0 N–H and O–H groups in total. The first-order valence-corrected chi connectivity index (χ1v) is 13.4. The fourth-order valence-electron chi connectivity index (χ4n) is 4.16. The Balaban J connectivity index is 1.41. The van der Waals surface area contributed by atoms with Crippen molar-refractivity contribution in [1.82, 2.24) is 14.7 Å². The molecule has 1 aliphatic heterocycles. The van der Waals surface area contributed by atoms with E-state index in [2.05, 4.69) is 22.1 Å². The van der Waals surface area contributed by atoms with Crippen molar-refractivity contribution in [3.05, 3.63) is 105 Å². The molecule has 0 atom stereocenters. The molecule has 0 unspecified atom stereocenters. The number of thioether (sulfide) groups is 1. The summed E-state index contributed by atoms with van der Waals surface area (Å²) in [7, 11) is 0. The number of hydrogen-bond donors (Lipinski definition) is 0. The van der Waals surface area contributed by atoms with Crippen molar-refractivity contribution >= 4 is 34.7 Å². The SMILES string of the molecule is Cc1ccsc1C(=O)N1CCN(c2cnn(-c3ccccc3)c(=O)c2SCc2ccccc2)CC1. The fraction of sp³-hybridized carbons (Fsp3) is 0.222. The lowest BCUT2D eigenvalue weighted by Gasteiger charge is -2.36. The Bertz CT molecular complexity index is 1360. The van der Waals surface area contributed by atoms with Crippen LogP contribution in [-0.2, 0) is 5.75 Å². The summed E-state index contributed by atoms with van der Waals surface area (Å²) in [6, 6.07) is 21.6. The zero-order valence-corrected chi connectivity index (χ0v) is 21.1. The number of thiophene rings is 1. The van der Waals surface area contributed by atoms with E-state index in [0.29, 0.717) is 36.8 Å². The summed E-state index contributed by atoms with van der Waals surface area (Å²) in [6.07, 6.45) is 1.79. The van der Waals surface area contributed by atoms with Crippen LogP contribution in [0.25, 0.3) is 5.69 Å². The summed E-state index contributed by atoms with van der Waals surface area (Å²) in [5.41, 5.74) is 3.64. The quantitative estimate of drug-likeness (QED) is 0.353. The summed E-state index contributed by atoms with van der Waals surface area (Å²) in [5.74, 6) is 0.784. The predicted molar refractivity (Wildman–Crippen MR) is 143 cm³/mol. The molecule has 4 aromatic rings. The Morgan fingerprint density at radius 2 is 1.66 bits per heavy atom. The molecule has 1 amide bonds. The second-order valence-electron chi connectivity index (χ2n) is 8.40. The van der Waals surface area contributed by atoms with Crippen LogP contribution in [0.4, 0.5) is 5.69 Å². The molecule has 3 heterocycles. The molecule has 1 aliphatic rings. The van der Waals surface area contributed by atoms with Gasteiger partial charge in [-0.05, 0) is 41.6 Å². The second kappa shape index (κ2) is 10.5. The minimum absolute atomic E-state index is 0.0912. The third kappa shape index (κ3) is 5.04. The van der Waals surface area contributed by atoms with Crippen LogP contribution in [0.3, 0.4) is 0 Å². The Morgan fingerprint density at radius 3 is 2.31 bits per heavy atom. The molecule has 0 radical (unpaired) electrons. The molecule has 6 nitrogen and oxygen atoms in total. The molecule has 0 saturated carbocycles. The summed E-state index contributed by atoms with van der Waals surface area (Å²) >= 11 is 3.04. The number of benzene rings is 2. The highest BCUT2D eigenvalue weighted by molar-refractivity contribution is 7.98. The van der Waals surface area contributed by atoms with Gasteiger partial charge in [0.1, 0.15) is 4.90 Å². The lowest BCUT2D eigenvalue weighted by Crippen LogP contribution is -2.49. The largest absolute Gasteiger partial charge is 0.366 e. The van der Waals surface area contributed by atoms with Crippen molar-refractivity contribution in [3.63, 3.8) is 0 Å². The number of piperazine rings is 1. The van der Waals surface area contributed by atoms with Gasteiger partial charge in [-0.15, -0.1) is 23.1 Å². The number of para-hydroxylation sites is 1. The summed E-state index contributed by atoms with van der Waals surface area (Å²) < 4.78 is 1.47. The van der Waals surface area contributed by atoms with E-state index in [0.717, 1.165) is 27.4 Å². The maximum Gasteiger partial charge on any atom is 0.287 e. The van der Waals surface area contributed by atoms with Crippen LogP contribution < -0.4 is 10.5 Å². The van der Waals surface area contributed by atoms with Gasteiger partial charge < -0.3 is 9.80 Å². The highest BCUT2D eigenvalue weighted by Crippen LogP contribution is 2.30. The summed E-state index contributed by atoms with van der Waals surface area (Å²) in [6.45, 7) is 4.52. The van der Waals surface area contributed by atoms with Crippen LogP contribution in [-0.4, -0.2) is 46.8 Å². The first-order chi connectivity index (χ1) is 17.1. The number of hydrogen-bond acceptors (Lipinski definition) is 6. The van der Waals surface area contributed by atoms with E-state index >= 15 is 0 Å². The highest BCUT2D eigenvalue weighted by atomic mass is 32.2. The van der Waals surface area contributed by atoms with Crippen LogP contribution in [0.15, 0.2) is 88.0 Å². The van der Waals surface area contributed by atoms with Crippen LogP contribution >= 0.6 is 23.1 Å². The van der Waals surface area contributed by atoms with Gasteiger partial charge in [0.05, 0.1) is 22.4 Å². The number of amides is 1. The summed E-state index contributed by atoms with van der Waals surface area (Å²) in [4.78, 5) is 32.1. The van der Waals surface area contributed by atoms with Crippen LogP contribution in [0, 0.1) is 6.92 Å². The predicted octanol–water partition coefficient (Wildman–Crippen LogP) is 4.86. The van der Waals surface area contributed by atoms with Gasteiger partial charge in [0.15, 0.2) is 0 Å². The molecule has 0 spiro atoms. The van der Waals surface area contributed by atoms with Crippen molar-refractivity contribution in [2.75, 3.05) is 31.1 Å². The van der Waals surface area contributed by atoms with Gasteiger partial charge in [-0.1, -0.05) is 48.5 Å². The first-order valence-electron chi connectivity index (χ1n) is 11.5. The molecule has 178 valence electrons. The Morgan fingerprint density at radius 1 is 0.971 bits per heavy atom. The second-order valence-corrected chi connectivity index (χ2v) is 10.3. The van der Waals surface area contributed by atoms with Crippen LogP contribution in [0.1, 0.15) is 20.8 Å². The zero-order valence-electron chi connectivity index (χ0n) is 19.5. The van der Waals surface area contributed by atoms with Gasteiger partial charge in [0.2, 0.25) is 0 Å². The Hall–Kier alpha value is -3.36. The molecule has 35 heavy (non-hydrogen) atoms. The minimum atomic E-state index is -0.123. The van der Waals surface area contributed by atoms with Gasteiger partial charge in [0.25, 0.3) is 11.5 Å². The third-order valence-electron chi connectivity index (χ3n) is 6.11. The fourth-order valence-corrected chi connectivity index (χ4v) is 6.09. The van der Waals surface area contributed by atoms with E-state index in [-0.39, 0.29) is 11.5 Å². The van der Waals surface area contributed by atoms with Crippen LogP contribution in [0.5, 0.6) is 0 Å². The van der Waals surface area contributed by atoms with Gasteiger partial charge in [-0.25, -0.2) is 0 Å². The average molecular weight is 503 g/mol. The number of aromatic nitrogens is 2.